The van der Waals surface area contributed by atoms with Crippen LogP contribution in [0.1, 0.15) is 42.9 Å². The molecule has 4 nitrogen and oxygen atoms in total. The Bertz CT molecular complexity index is 664. The molecule has 0 bridgehead atoms. The second-order valence-electron chi connectivity index (χ2n) is 6.83. The number of nitrogens with one attached hydrogen (secondary N) is 1. The van der Waals surface area contributed by atoms with Crippen molar-refractivity contribution < 1.29 is 0 Å². The number of piperazine rings is 1. The topological polar surface area (TPSA) is 33.1 Å². The van der Waals surface area contributed by atoms with Crippen LogP contribution in [0.25, 0.3) is 5.69 Å². The highest BCUT2D eigenvalue weighted by Gasteiger charge is 2.28. The fourth-order valence-electron chi connectivity index (χ4n) is 4.07. The first kappa shape index (κ1) is 14.8. The molecule has 2 fully saturated rings. The van der Waals surface area contributed by atoms with Gasteiger partial charge in [-0.15, -0.1) is 0 Å². The van der Waals surface area contributed by atoms with Gasteiger partial charge in [-0.25, -0.2) is 4.68 Å². The summed E-state index contributed by atoms with van der Waals surface area (Å²) in [6.07, 6.45) is 7.41. The average Bonchev–Trinajstić information content (AvgIpc) is 3.25. The van der Waals surface area contributed by atoms with Gasteiger partial charge in [0, 0.05) is 32.1 Å². The molecule has 0 atom stereocenters. The zero-order chi connectivity index (χ0) is 15.6. The van der Waals surface area contributed by atoms with E-state index in [4.69, 9.17) is 5.10 Å². The molecule has 1 aliphatic carbocycles. The van der Waals surface area contributed by atoms with Crippen molar-refractivity contribution in [3.63, 3.8) is 0 Å². The molecule has 4 rings (SSSR count). The van der Waals surface area contributed by atoms with E-state index in [1.807, 2.05) is 0 Å². The maximum atomic E-state index is 4.82. The summed E-state index contributed by atoms with van der Waals surface area (Å²) in [6, 6.07) is 8.60. The third-order valence-corrected chi connectivity index (χ3v) is 5.33. The second-order valence-corrected chi connectivity index (χ2v) is 6.83. The first-order valence-electron chi connectivity index (χ1n) is 8.94. The molecule has 0 radical (unpaired) electrons. The van der Waals surface area contributed by atoms with Crippen molar-refractivity contribution in [2.75, 3.05) is 31.1 Å². The number of hydrogen-bond donors (Lipinski definition) is 1. The van der Waals surface area contributed by atoms with Crippen LogP contribution >= 0.6 is 0 Å². The van der Waals surface area contributed by atoms with Gasteiger partial charge in [0.05, 0.1) is 23.3 Å². The van der Waals surface area contributed by atoms with E-state index < -0.39 is 0 Å². The third kappa shape index (κ3) is 2.76. The Labute approximate surface area is 138 Å². The highest BCUT2D eigenvalue weighted by atomic mass is 15.3. The molecule has 0 spiro atoms. The molecule has 1 N–H and O–H groups in total. The standard InChI is InChI=1S/C19H26N4/c1-15-6-2-5-9-17(15)23-19(16-7-3-4-8-16)18(14-21-23)22-12-10-20-11-13-22/h2,5-6,9,14,16,20H,3-4,7-8,10-13H2,1H3. The molecule has 1 aliphatic heterocycles. The molecule has 4 heteroatoms. The maximum Gasteiger partial charge on any atom is 0.0793 e. The Balaban J connectivity index is 1.79. The minimum absolute atomic E-state index is 0.655. The van der Waals surface area contributed by atoms with Crippen LogP contribution in [0.4, 0.5) is 5.69 Å². The second kappa shape index (κ2) is 6.36. The molecule has 1 saturated heterocycles. The van der Waals surface area contributed by atoms with E-state index in [9.17, 15) is 0 Å². The van der Waals surface area contributed by atoms with Gasteiger partial charge in [-0.05, 0) is 31.4 Å². The van der Waals surface area contributed by atoms with E-state index in [1.54, 1.807) is 0 Å². The van der Waals surface area contributed by atoms with E-state index in [-0.39, 0.29) is 0 Å². The number of aryl methyl sites for hydroxylation is 1. The number of rotatable bonds is 3. The number of nitrogens with zero attached hydrogens (tertiary/aromatic N) is 3. The van der Waals surface area contributed by atoms with Crippen molar-refractivity contribution in [3.8, 4) is 5.69 Å². The minimum Gasteiger partial charge on any atom is -0.366 e. The molecule has 0 amide bonds. The van der Waals surface area contributed by atoms with Gasteiger partial charge in [-0.1, -0.05) is 31.0 Å². The highest BCUT2D eigenvalue weighted by Crippen LogP contribution is 2.40. The lowest BCUT2D eigenvalue weighted by atomic mass is 10.0. The molecule has 1 aromatic carbocycles. The summed E-state index contributed by atoms with van der Waals surface area (Å²) in [5.41, 5.74) is 5.33. The monoisotopic (exact) mass is 310 g/mol. The van der Waals surface area contributed by atoms with E-state index in [1.165, 1.54) is 48.3 Å². The van der Waals surface area contributed by atoms with Gasteiger partial charge >= 0.3 is 0 Å². The first-order valence-corrected chi connectivity index (χ1v) is 8.94. The van der Waals surface area contributed by atoms with Crippen molar-refractivity contribution in [1.29, 1.82) is 0 Å². The summed E-state index contributed by atoms with van der Waals surface area (Å²) in [7, 11) is 0. The summed E-state index contributed by atoms with van der Waals surface area (Å²) >= 11 is 0. The predicted molar refractivity (Wildman–Crippen MR) is 94.6 cm³/mol. The van der Waals surface area contributed by atoms with Gasteiger partial charge in [-0.3, -0.25) is 0 Å². The van der Waals surface area contributed by atoms with Crippen LogP contribution in [0.5, 0.6) is 0 Å². The number of hydrogen-bond acceptors (Lipinski definition) is 3. The normalized spacial score (nSPS) is 19.4. The van der Waals surface area contributed by atoms with Gasteiger partial charge in [0.2, 0.25) is 0 Å². The minimum atomic E-state index is 0.655. The van der Waals surface area contributed by atoms with E-state index >= 15 is 0 Å². The number of anilines is 1. The summed E-state index contributed by atoms with van der Waals surface area (Å²) < 4.78 is 2.22. The zero-order valence-electron chi connectivity index (χ0n) is 14.0. The quantitative estimate of drug-likeness (QED) is 0.945. The Morgan fingerprint density at radius 1 is 1.04 bits per heavy atom. The third-order valence-electron chi connectivity index (χ3n) is 5.33. The Morgan fingerprint density at radius 2 is 1.78 bits per heavy atom. The Kier molecular flexibility index (Phi) is 4.08. The van der Waals surface area contributed by atoms with Crippen molar-refractivity contribution in [1.82, 2.24) is 15.1 Å². The van der Waals surface area contributed by atoms with Crippen molar-refractivity contribution >= 4 is 5.69 Å². The lowest BCUT2D eigenvalue weighted by Crippen LogP contribution is -2.43. The fraction of sp³-hybridized carbons (Fsp3) is 0.526. The average molecular weight is 310 g/mol. The van der Waals surface area contributed by atoms with Gasteiger partial charge in [0.1, 0.15) is 0 Å². The molecule has 2 aromatic rings. The van der Waals surface area contributed by atoms with Crippen molar-refractivity contribution in [3.05, 3.63) is 41.7 Å². The van der Waals surface area contributed by atoms with Crippen LogP contribution < -0.4 is 10.2 Å². The van der Waals surface area contributed by atoms with Gasteiger partial charge in [0.15, 0.2) is 0 Å². The fourth-order valence-corrected chi connectivity index (χ4v) is 4.07. The molecular formula is C19H26N4. The largest absolute Gasteiger partial charge is 0.366 e. The molecular weight excluding hydrogens is 284 g/mol. The van der Waals surface area contributed by atoms with Crippen LogP contribution in [0, 0.1) is 6.92 Å². The smallest absolute Gasteiger partial charge is 0.0793 e. The van der Waals surface area contributed by atoms with Crippen molar-refractivity contribution in [2.45, 2.75) is 38.5 Å². The van der Waals surface area contributed by atoms with E-state index in [2.05, 4.69) is 52.3 Å². The lowest BCUT2D eigenvalue weighted by molar-refractivity contribution is 0.581. The van der Waals surface area contributed by atoms with Crippen LogP contribution in [0.3, 0.4) is 0 Å². The zero-order valence-corrected chi connectivity index (χ0v) is 14.0. The first-order chi connectivity index (χ1) is 11.3. The van der Waals surface area contributed by atoms with Crippen LogP contribution in [0.15, 0.2) is 30.5 Å². The highest BCUT2D eigenvalue weighted by molar-refractivity contribution is 5.55. The Hall–Kier alpha value is -1.81. The summed E-state index contributed by atoms with van der Waals surface area (Å²) in [5, 5.41) is 8.27. The van der Waals surface area contributed by atoms with E-state index in [0.29, 0.717) is 5.92 Å². The molecule has 23 heavy (non-hydrogen) atoms. The SMILES string of the molecule is Cc1ccccc1-n1ncc(N2CCNCC2)c1C1CCCC1. The molecule has 1 saturated carbocycles. The summed E-state index contributed by atoms with van der Waals surface area (Å²) in [4.78, 5) is 2.52. The van der Waals surface area contributed by atoms with Gasteiger partial charge in [-0.2, -0.15) is 5.10 Å². The van der Waals surface area contributed by atoms with Crippen LogP contribution in [0.2, 0.25) is 0 Å². The molecule has 122 valence electrons. The van der Waals surface area contributed by atoms with Gasteiger partial charge in [0.25, 0.3) is 0 Å². The molecule has 0 unspecified atom stereocenters. The number of para-hydroxylation sites is 1. The summed E-state index contributed by atoms with van der Waals surface area (Å²) in [6.45, 7) is 6.48. The Morgan fingerprint density at radius 3 is 2.52 bits per heavy atom. The van der Waals surface area contributed by atoms with Crippen LogP contribution in [-0.2, 0) is 0 Å². The predicted octanol–water partition coefficient (Wildman–Crippen LogP) is 3.25. The number of aromatic nitrogens is 2. The maximum absolute atomic E-state index is 4.82. The van der Waals surface area contributed by atoms with Crippen molar-refractivity contribution in [2.24, 2.45) is 0 Å². The molecule has 2 heterocycles. The lowest BCUT2D eigenvalue weighted by Gasteiger charge is -2.30. The number of benzene rings is 1. The van der Waals surface area contributed by atoms with Gasteiger partial charge < -0.3 is 10.2 Å². The summed E-state index contributed by atoms with van der Waals surface area (Å²) in [5.74, 6) is 0.655. The molecule has 1 aromatic heterocycles. The van der Waals surface area contributed by atoms with E-state index in [0.717, 1.165) is 26.2 Å². The van der Waals surface area contributed by atoms with Crippen LogP contribution in [-0.4, -0.2) is 36.0 Å². The molecule has 2 aliphatic rings.